The molecule has 3 nitrogen and oxygen atoms in total. The van der Waals surface area contributed by atoms with E-state index in [0.29, 0.717) is 18.2 Å². The van der Waals surface area contributed by atoms with Gasteiger partial charge < -0.3 is 5.32 Å². The minimum absolute atomic E-state index is 0.120. The molecule has 0 aliphatic rings. The van der Waals surface area contributed by atoms with Crippen molar-refractivity contribution in [1.29, 1.82) is 0 Å². The topological polar surface area (TPSA) is 42.0 Å². The van der Waals surface area contributed by atoms with Crippen molar-refractivity contribution >= 4 is 34.4 Å². The Kier molecular flexibility index (Phi) is 17.9. The Morgan fingerprint density at radius 1 is 0.778 bits per heavy atom. The maximum atomic E-state index is 12.7. The molecule has 5 heteroatoms. The minimum atomic E-state index is 0.120. The summed E-state index contributed by atoms with van der Waals surface area (Å²) in [6.45, 7) is 4.57. The fourth-order valence-electron chi connectivity index (χ4n) is 4.95. The van der Waals surface area contributed by atoms with Crippen molar-refractivity contribution in [1.82, 2.24) is 4.98 Å². The van der Waals surface area contributed by atoms with Crippen LogP contribution < -0.4 is 5.32 Å². The van der Waals surface area contributed by atoms with Crippen LogP contribution in [0.3, 0.4) is 0 Å². The van der Waals surface area contributed by atoms with Crippen LogP contribution >= 0.6 is 22.7 Å². The van der Waals surface area contributed by atoms with Crippen LogP contribution in [0, 0.1) is 5.92 Å². The van der Waals surface area contributed by atoms with E-state index in [-0.39, 0.29) is 5.91 Å². The predicted molar refractivity (Wildman–Crippen MR) is 161 cm³/mol. The van der Waals surface area contributed by atoms with Crippen LogP contribution in [0.2, 0.25) is 0 Å². The highest BCUT2D eigenvalue weighted by atomic mass is 32.1. The van der Waals surface area contributed by atoms with Gasteiger partial charge in [0.2, 0.25) is 5.91 Å². The van der Waals surface area contributed by atoms with Gasteiger partial charge in [0.15, 0.2) is 0 Å². The van der Waals surface area contributed by atoms with E-state index >= 15 is 0 Å². The van der Waals surface area contributed by atoms with Crippen LogP contribution in [0.15, 0.2) is 22.9 Å². The lowest BCUT2D eigenvalue weighted by Gasteiger charge is -2.17. The lowest BCUT2D eigenvalue weighted by molar-refractivity contribution is -0.116. The summed E-state index contributed by atoms with van der Waals surface area (Å²) < 4.78 is 0. The fraction of sp³-hybridized carbons (Fsp3) is 0.742. The Bertz CT molecular complexity index is 751. The average molecular weight is 533 g/mol. The molecule has 0 atom stereocenters. The van der Waals surface area contributed by atoms with Crippen molar-refractivity contribution in [2.75, 3.05) is 5.32 Å². The summed E-state index contributed by atoms with van der Waals surface area (Å²) in [7, 11) is 0. The zero-order valence-corrected chi connectivity index (χ0v) is 24.8. The number of nitrogens with zero attached hydrogens (tertiary/aromatic N) is 1. The van der Waals surface area contributed by atoms with Crippen LogP contribution in [-0.2, 0) is 4.79 Å². The van der Waals surface area contributed by atoms with Crippen molar-refractivity contribution < 1.29 is 4.79 Å². The van der Waals surface area contributed by atoms with Gasteiger partial charge in [-0.25, -0.2) is 4.98 Å². The van der Waals surface area contributed by atoms with E-state index in [1.807, 2.05) is 11.4 Å². The third kappa shape index (κ3) is 14.5. The Morgan fingerprint density at radius 3 is 1.86 bits per heavy atom. The number of hydrogen-bond donors (Lipinski definition) is 1. The van der Waals surface area contributed by atoms with Crippen molar-refractivity contribution in [3.05, 3.63) is 22.9 Å². The quantitative estimate of drug-likeness (QED) is 0.145. The molecule has 1 amide bonds. The second-order valence-electron chi connectivity index (χ2n) is 10.5. The highest BCUT2D eigenvalue weighted by Gasteiger charge is 2.13. The lowest BCUT2D eigenvalue weighted by atomic mass is 9.90. The largest absolute Gasteiger partial charge is 0.310 e. The number of unbranched alkanes of at least 4 members (excludes halogenated alkanes) is 14. The minimum Gasteiger partial charge on any atom is -0.310 e. The summed E-state index contributed by atoms with van der Waals surface area (Å²) in [5, 5.41) is 8.06. The van der Waals surface area contributed by atoms with Gasteiger partial charge in [-0.3, -0.25) is 4.79 Å². The van der Waals surface area contributed by atoms with E-state index in [0.717, 1.165) is 16.3 Å². The molecule has 0 aliphatic heterocycles. The van der Waals surface area contributed by atoms with Gasteiger partial charge in [-0.15, -0.1) is 22.7 Å². The first kappa shape index (κ1) is 31.0. The molecule has 36 heavy (non-hydrogen) atoms. The van der Waals surface area contributed by atoms with E-state index < -0.39 is 0 Å². The molecule has 2 rings (SSSR count). The third-order valence-corrected chi connectivity index (χ3v) is 9.10. The van der Waals surface area contributed by atoms with Crippen molar-refractivity contribution in [2.45, 2.75) is 142 Å². The fourth-order valence-corrected chi connectivity index (χ4v) is 6.52. The summed E-state index contributed by atoms with van der Waals surface area (Å²) in [5.41, 5.74) is 0. The van der Waals surface area contributed by atoms with Gasteiger partial charge in [0.1, 0.15) is 10.8 Å². The van der Waals surface area contributed by atoms with Crippen LogP contribution in [-0.4, -0.2) is 10.9 Å². The maximum Gasteiger partial charge on any atom is 0.225 e. The van der Waals surface area contributed by atoms with Crippen molar-refractivity contribution in [3.63, 3.8) is 0 Å². The molecule has 2 heterocycles. The van der Waals surface area contributed by atoms with Gasteiger partial charge in [0.05, 0.1) is 4.88 Å². The molecule has 0 saturated heterocycles. The first-order chi connectivity index (χ1) is 17.7. The van der Waals surface area contributed by atoms with Crippen molar-refractivity contribution in [2.24, 2.45) is 5.92 Å². The number of nitrogens with one attached hydrogen (secondary N) is 1. The number of thiazole rings is 1. The van der Waals surface area contributed by atoms with Gasteiger partial charge in [-0.1, -0.05) is 135 Å². The number of carbonyl (C=O) groups excluding carboxylic acids is 1. The molecule has 2 aromatic rings. The standard InChI is InChI=1S/C31H52N2OS2/c1-3-5-7-9-11-13-15-17-20-27(21-18-16-14-12-10-8-6-4-2)23-24-30(34)32-29-26-36-31(33-29)28-22-19-25-35-28/h19,22,25-27H,3-18,20-21,23-24H2,1-2H3,(H,32,34). The zero-order valence-electron chi connectivity index (χ0n) is 23.2. The molecule has 1 N–H and O–H groups in total. The Morgan fingerprint density at radius 2 is 1.33 bits per heavy atom. The smallest absolute Gasteiger partial charge is 0.225 e. The molecule has 0 radical (unpaired) electrons. The van der Waals surface area contributed by atoms with Crippen LogP contribution in [0.5, 0.6) is 0 Å². The molecule has 2 aromatic heterocycles. The zero-order chi connectivity index (χ0) is 25.7. The summed E-state index contributed by atoms with van der Waals surface area (Å²) >= 11 is 3.29. The summed E-state index contributed by atoms with van der Waals surface area (Å²) in [6.07, 6.45) is 26.2. The SMILES string of the molecule is CCCCCCCCCCC(CCCCCCCCCC)CCC(=O)Nc1csc(-c2cccs2)n1. The molecule has 0 aliphatic carbocycles. The number of amides is 1. The Balaban J connectivity index is 1.68. The molecule has 0 bridgehead atoms. The molecule has 204 valence electrons. The molecule has 0 spiro atoms. The summed E-state index contributed by atoms with van der Waals surface area (Å²) in [5.74, 6) is 1.51. The third-order valence-electron chi connectivity index (χ3n) is 7.22. The van der Waals surface area contributed by atoms with Crippen molar-refractivity contribution in [3.8, 4) is 9.88 Å². The second-order valence-corrected chi connectivity index (χ2v) is 12.3. The number of anilines is 1. The Labute approximate surface area is 229 Å². The summed E-state index contributed by atoms with van der Waals surface area (Å²) in [6, 6.07) is 4.12. The number of hydrogen-bond acceptors (Lipinski definition) is 4. The number of thiophene rings is 1. The molecule has 0 aromatic carbocycles. The number of aromatic nitrogens is 1. The lowest BCUT2D eigenvalue weighted by Crippen LogP contribution is -2.14. The molecule has 0 saturated carbocycles. The van der Waals surface area contributed by atoms with E-state index in [4.69, 9.17) is 0 Å². The van der Waals surface area contributed by atoms with Crippen LogP contribution in [0.4, 0.5) is 5.82 Å². The first-order valence-corrected chi connectivity index (χ1v) is 16.8. The second kappa shape index (κ2) is 20.8. The highest BCUT2D eigenvalue weighted by Crippen LogP contribution is 2.30. The van der Waals surface area contributed by atoms with E-state index in [1.54, 1.807) is 22.7 Å². The predicted octanol–water partition coefficient (Wildman–Crippen LogP) is 11.3. The number of rotatable bonds is 23. The molecule has 0 unspecified atom stereocenters. The van der Waals surface area contributed by atoms with Gasteiger partial charge in [-0.2, -0.15) is 0 Å². The van der Waals surface area contributed by atoms with Crippen LogP contribution in [0.1, 0.15) is 142 Å². The van der Waals surface area contributed by atoms with Gasteiger partial charge in [0, 0.05) is 11.8 Å². The number of carbonyl (C=O) groups is 1. The summed E-state index contributed by atoms with van der Waals surface area (Å²) in [4.78, 5) is 18.4. The first-order valence-electron chi connectivity index (χ1n) is 15.0. The van der Waals surface area contributed by atoms with Gasteiger partial charge in [-0.05, 0) is 23.8 Å². The van der Waals surface area contributed by atoms with E-state index in [9.17, 15) is 4.79 Å². The normalized spacial score (nSPS) is 11.4. The van der Waals surface area contributed by atoms with E-state index in [1.165, 1.54) is 116 Å². The van der Waals surface area contributed by atoms with E-state index in [2.05, 4.69) is 35.6 Å². The van der Waals surface area contributed by atoms with Gasteiger partial charge >= 0.3 is 0 Å². The molecular formula is C31H52N2OS2. The maximum absolute atomic E-state index is 12.7. The highest BCUT2D eigenvalue weighted by molar-refractivity contribution is 7.20. The van der Waals surface area contributed by atoms with Gasteiger partial charge in [0.25, 0.3) is 0 Å². The average Bonchev–Trinajstić information content (AvgIpc) is 3.57. The molecular weight excluding hydrogens is 480 g/mol. The monoisotopic (exact) mass is 532 g/mol. The molecule has 0 fully saturated rings. The Hall–Kier alpha value is -1.20. The van der Waals surface area contributed by atoms with Crippen LogP contribution in [0.25, 0.3) is 9.88 Å².